The molecular formula is C12H24N2. The van der Waals surface area contributed by atoms with Gasteiger partial charge in [-0.05, 0) is 31.1 Å². The highest BCUT2D eigenvalue weighted by Crippen LogP contribution is 2.36. The molecule has 0 aromatic rings. The van der Waals surface area contributed by atoms with Crippen molar-refractivity contribution < 1.29 is 0 Å². The lowest BCUT2D eigenvalue weighted by molar-refractivity contribution is 0.0828. The van der Waals surface area contributed by atoms with Gasteiger partial charge in [-0.15, -0.1) is 0 Å². The summed E-state index contributed by atoms with van der Waals surface area (Å²) in [5.41, 5.74) is 6.41. The van der Waals surface area contributed by atoms with Crippen molar-refractivity contribution in [2.45, 2.75) is 58.0 Å². The summed E-state index contributed by atoms with van der Waals surface area (Å²) in [7, 11) is 0. The molecule has 82 valence electrons. The van der Waals surface area contributed by atoms with E-state index in [1.807, 2.05) is 0 Å². The summed E-state index contributed by atoms with van der Waals surface area (Å²) >= 11 is 0. The van der Waals surface area contributed by atoms with E-state index in [0.717, 1.165) is 19.1 Å². The third kappa shape index (κ3) is 2.29. The number of rotatable bonds is 1. The number of hydrogen-bond acceptors (Lipinski definition) is 2. The maximum atomic E-state index is 5.83. The fraction of sp³-hybridized carbons (Fsp3) is 1.00. The summed E-state index contributed by atoms with van der Waals surface area (Å²) in [4.78, 5) is 2.59. The molecule has 1 unspecified atom stereocenters. The molecule has 2 aliphatic rings. The third-order valence-electron chi connectivity index (χ3n) is 4.00. The van der Waals surface area contributed by atoms with Crippen LogP contribution in [0.25, 0.3) is 0 Å². The first-order valence-corrected chi connectivity index (χ1v) is 6.06. The molecule has 14 heavy (non-hydrogen) atoms. The van der Waals surface area contributed by atoms with Crippen LogP contribution in [0.3, 0.4) is 0 Å². The van der Waals surface area contributed by atoms with Crippen molar-refractivity contribution >= 4 is 0 Å². The predicted molar refractivity (Wildman–Crippen MR) is 60.2 cm³/mol. The van der Waals surface area contributed by atoms with Gasteiger partial charge < -0.3 is 5.73 Å². The van der Waals surface area contributed by atoms with Crippen molar-refractivity contribution in [1.82, 2.24) is 4.90 Å². The minimum absolute atomic E-state index is 0.464. The Kier molecular flexibility index (Phi) is 2.85. The van der Waals surface area contributed by atoms with Crippen LogP contribution in [0.15, 0.2) is 0 Å². The van der Waals surface area contributed by atoms with E-state index in [1.165, 1.54) is 32.1 Å². The summed E-state index contributed by atoms with van der Waals surface area (Å²) in [5, 5.41) is 0. The van der Waals surface area contributed by atoms with Crippen LogP contribution < -0.4 is 5.73 Å². The molecule has 1 aliphatic carbocycles. The lowest BCUT2D eigenvalue weighted by Crippen LogP contribution is -2.59. The molecule has 1 saturated heterocycles. The Morgan fingerprint density at radius 1 is 1.14 bits per heavy atom. The Balaban J connectivity index is 1.84. The van der Waals surface area contributed by atoms with Gasteiger partial charge in [-0.1, -0.05) is 20.3 Å². The molecule has 1 saturated carbocycles. The Hall–Kier alpha value is -0.0800. The highest BCUT2D eigenvalue weighted by atomic mass is 15.2. The van der Waals surface area contributed by atoms with Crippen LogP contribution >= 0.6 is 0 Å². The molecule has 0 radical (unpaired) electrons. The fourth-order valence-electron chi connectivity index (χ4n) is 2.86. The van der Waals surface area contributed by atoms with Crippen molar-refractivity contribution in [3.05, 3.63) is 0 Å². The van der Waals surface area contributed by atoms with Crippen LogP contribution in [0.5, 0.6) is 0 Å². The second-order valence-electron chi connectivity index (χ2n) is 5.96. The van der Waals surface area contributed by atoms with Gasteiger partial charge in [-0.2, -0.15) is 0 Å². The number of nitrogens with two attached hydrogens (primary N) is 1. The first-order chi connectivity index (χ1) is 6.57. The molecule has 1 atom stereocenters. The van der Waals surface area contributed by atoms with Crippen molar-refractivity contribution in [2.75, 3.05) is 13.1 Å². The van der Waals surface area contributed by atoms with E-state index in [1.54, 1.807) is 0 Å². The van der Waals surface area contributed by atoms with E-state index in [2.05, 4.69) is 18.7 Å². The number of likely N-dealkylation sites (tertiary alicyclic amines) is 1. The van der Waals surface area contributed by atoms with Crippen LogP contribution in [-0.2, 0) is 0 Å². The molecule has 1 aliphatic heterocycles. The van der Waals surface area contributed by atoms with Gasteiger partial charge in [0.1, 0.15) is 0 Å². The summed E-state index contributed by atoms with van der Waals surface area (Å²) < 4.78 is 0. The number of hydrogen-bond donors (Lipinski definition) is 1. The zero-order chi connectivity index (χ0) is 10.2. The van der Waals surface area contributed by atoms with Crippen molar-refractivity contribution in [1.29, 1.82) is 0 Å². The van der Waals surface area contributed by atoms with Gasteiger partial charge >= 0.3 is 0 Å². The summed E-state index contributed by atoms with van der Waals surface area (Å²) in [6.45, 7) is 7.12. The average Bonchev–Trinajstić information content (AvgIpc) is 2.21. The molecule has 0 amide bonds. The third-order valence-corrected chi connectivity index (χ3v) is 4.00. The van der Waals surface area contributed by atoms with Crippen LogP contribution in [0.1, 0.15) is 46.0 Å². The molecule has 2 fully saturated rings. The summed E-state index contributed by atoms with van der Waals surface area (Å²) in [5.74, 6) is 0. The van der Waals surface area contributed by atoms with Gasteiger partial charge in [0, 0.05) is 25.2 Å². The highest BCUT2D eigenvalue weighted by Gasteiger charge is 2.32. The monoisotopic (exact) mass is 196 g/mol. The van der Waals surface area contributed by atoms with Crippen molar-refractivity contribution in [2.24, 2.45) is 11.1 Å². The van der Waals surface area contributed by atoms with Gasteiger partial charge in [0.25, 0.3) is 0 Å². The molecule has 2 nitrogen and oxygen atoms in total. The van der Waals surface area contributed by atoms with Crippen LogP contribution in [0.2, 0.25) is 0 Å². The van der Waals surface area contributed by atoms with E-state index in [-0.39, 0.29) is 0 Å². The van der Waals surface area contributed by atoms with Gasteiger partial charge in [-0.3, -0.25) is 4.90 Å². The molecule has 0 spiro atoms. The smallest absolute Gasteiger partial charge is 0.0297 e. The fourth-order valence-corrected chi connectivity index (χ4v) is 2.86. The normalized spacial score (nSPS) is 34.9. The van der Waals surface area contributed by atoms with Gasteiger partial charge in [0.2, 0.25) is 0 Å². The molecule has 2 heteroatoms. The second-order valence-corrected chi connectivity index (χ2v) is 5.96. The van der Waals surface area contributed by atoms with Gasteiger partial charge in [-0.25, -0.2) is 0 Å². The largest absolute Gasteiger partial charge is 0.325 e. The van der Waals surface area contributed by atoms with E-state index < -0.39 is 0 Å². The zero-order valence-corrected chi connectivity index (χ0v) is 9.63. The molecule has 0 aromatic heterocycles. The lowest BCUT2D eigenvalue weighted by Gasteiger charge is -2.42. The van der Waals surface area contributed by atoms with E-state index in [9.17, 15) is 0 Å². The van der Waals surface area contributed by atoms with E-state index >= 15 is 0 Å². The highest BCUT2D eigenvalue weighted by molar-refractivity contribution is 4.90. The quantitative estimate of drug-likeness (QED) is 0.650. The van der Waals surface area contributed by atoms with E-state index in [4.69, 9.17) is 5.73 Å². The van der Waals surface area contributed by atoms with Gasteiger partial charge in [0.05, 0.1) is 0 Å². The molecule has 2 rings (SSSR count). The molecule has 0 aromatic carbocycles. The van der Waals surface area contributed by atoms with E-state index in [0.29, 0.717) is 11.5 Å². The lowest BCUT2D eigenvalue weighted by atomic mass is 9.85. The first-order valence-electron chi connectivity index (χ1n) is 6.06. The summed E-state index contributed by atoms with van der Waals surface area (Å²) in [6, 6.07) is 1.31. The Morgan fingerprint density at radius 2 is 1.86 bits per heavy atom. The van der Waals surface area contributed by atoms with Crippen LogP contribution in [-0.4, -0.2) is 30.1 Å². The summed E-state index contributed by atoms with van der Waals surface area (Å²) in [6.07, 6.45) is 6.99. The maximum Gasteiger partial charge on any atom is 0.0297 e. The molecule has 2 N–H and O–H groups in total. The molecule has 0 bridgehead atoms. The average molecular weight is 196 g/mol. The standard InChI is InChI=1S/C12H24N2/c1-12(2)6-3-4-11(5-7-12)14-8-10(13)9-14/h10-11H,3-9,13H2,1-2H3. The van der Waals surface area contributed by atoms with Gasteiger partial charge in [0.15, 0.2) is 0 Å². The van der Waals surface area contributed by atoms with Crippen LogP contribution in [0, 0.1) is 5.41 Å². The van der Waals surface area contributed by atoms with Crippen LogP contribution in [0.4, 0.5) is 0 Å². The Labute approximate surface area is 87.8 Å². The Bertz CT molecular complexity index is 194. The maximum absolute atomic E-state index is 5.83. The SMILES string of the molecule is CC1(C)CCCC(N2CC(N)C2)CC1. The van der Waals surface area contributed by atoms with Crippen molar-refractivity contribution in [3.63, 3.8) is 0 Å². The number of nitrogens with zero attached hydrogens (tertiary/aromatic N) is 1. The minimum atomic E-state index is 0.464. The first kappa shape index (κ1) is 10.4. The molecular weight excluding hydrogens is 172 g/mol. The van der Waals surface area contributed by atoms with Crippen molar-refractivity contribution in [3.8, 4) is 0 Å². The molecule has 1 heterocycles. The zero-order valence-electron chi connectivity index (χ0n) is 9.63. The topological polar surface area (TPSA) is 29.3 Å². The second kappa shape index (κ2) is 3.82. The predicted octanol–water partition coefficient (Wildman–Crippen LogP) is 1.99. The Morgan fingerprint density at radius 3 is 2.50 bits per heavy atom. The minimum Gasteiger partial charge on any atom is -0.325 e.